The molecule has 0 aliphatic carbocycles. The number of rotatable bonds is 5. The molecule has 2 amide bonds. The summed E-state index contributed by atoms with van der Waals surface area (Å²) in [6.45, 7) is 1.15. The summed E-state index contributed by atoms with van der Waals surface area (Å²) in [4.78, 5) is 31.4. The molecule has 0 unspecified atom stereocenters. The van der Waals surface area contributed by atoms with Crippen LogP contribution in [0.1, 0.15) is 25.7 Å². The van der Waals surface area contributed by atoms with Crippen LogP contribution >= 0.6 is 27.3 Å². The molecule has 0 N–H and O–H groups in total. The van der Waals surface area contributed by atoms with Gasteiger partial charge in [-0.25, -0.2) is 9.99 Å². The molecule has 1 saturated heterocycles. The third kappa shape index (κ3) is 4.57. The van der Waals surface area contributed by atoms with Crippen molar-refractivity contribution in [2.24, 2.45) is 5.10 Å². The van der Waals surface area contributed by atoms with Crippen LogP contribution < -0.4 is 4.90 Å². The van der Waals surface area contributed by atoms with Gasteiger partial charge >= 0.3 is 0 Å². The molecule has 1 fully saturated rings. The number of halogens is 1. The van der Waals surface area contributed by atoms with Gasteiger partial charge in [-0.05, 0) is 25.0 Å². The van der Waals surface area contributed by atoms with E-state index >= 15 is 0 Å². The molecule has 0 radical (unpaired) electrons. The number of aromatic nitrogens is 1. The second kappa shape index (κ2) is 8.73. The number of hydrazone groups is 1. The number of carbonyl (C=O) groups is 2. The molecule has 29 heavy (non-hydrogen) atoms. The smallest absolute Gasteiger partial charge is 0.276 e. The first-order chi connectivity index (χ1) is 14.0. The highest BCUT2D eigenvalue weighted by molar-refractivity contribution is 9.10. The Kier molecular flexibility index (Phi) is 6.07. The minimum Gasteiger partial charge on any atom is -0.376 e. The monoisotopic (exact) mass is 476 g/mol. The van der Waals surface area contributed by atoms with Gasteiger partial charge in [-0.2, -0.15) is 5.10 Å². The molecule has 2 aliphatic heterocycles. The summed E-state index contributed by atoms with van der Waals surface area (Å²) in [5, 5.41) is 8.01. The number of ether oxygens (including phenoxy) is 1. The van der Waals surface area contributed by atoms with Gasteiger partial charge in [-0.15, -0.1) is 11.3 Å². The van der Waals surface area contributed by atoms with Crippen molar-refractivity contribution in [2.75, 3.05) is 25.1 Å². The van der Waals surface area contributed by atoms with E-state index in [1.54, 1.807) is 11.9 Å². The van der Waals surface area contributed by atoms with E-state index in [-0.39, 0.29) is 24.3 Å². The Balaban J connectivity index is 1.62. The van der Waals surface area contributed by atoms with Crippen molar-refractivity contribution in [3.05, 3.63) is 34.1 Å². The summed E-state index contributed by atoms with van der Waals surface area (Å²) in [5.41, 5.74) is 2.19. The van der Waals surface area contributed by atoms with Gasteiger partial charge in [0.05, 0.1) is 18.3 Å². The van der Waals surface area contributed by atoms with Gasteiger partial charge in [0.15, 0.2) is 5.13 Å². The van der Waals surface area contributed by atoms with Gasteiger partial charge in [0.2, 0.25) is 5.91 Å². The lowest BCUT2D eigenvalue weighted by Gasteiger charge is -2.26. The maximum atomic E-state index is 13.3. The molecule has 2 aromatic rings. The van der Waals surface area contributed by atoms with Crippen LogP contribution in [0, 0.1) is 0 Å². The van der Waals surface area contributed by atoms with Gasteiger partial charge < -0.3 is 4.74 Å². The normalized spacial score (nSPS) is 19.4. The number of thiazole rings is 1. The van der Waals surface area contributed by atoms with E-state index in [1.807, 2.05) is 29.6 Å². The third-order valence-corrected chi connectivity index (χ3v) is 6.36. The van der Waals surface area contributed by atoms with Gasteiger partial charge in [-0.1, -0.05) is 28.1 Å². The molecule has 7 nitrogen and oxygen atoms in total. The molecule has 1 atom stereocenters. The molecule has 1 aromatic carbocycles. The molecule has 2 aliphatic rings. The van der Waals surface area contributed by atoms with Crippen molar-refractivity contribution >= 4 is 49.9 Å². The van der Waals surface area contributed by atoms with E-state index in [0.29, 0.717) is 30.4 Å². The lowest BCUT2D eigenvalue weighted by molar-refractivity contribution is -0.130. The predicted octanol–water partition coefficient (Wildman–Crippen LogP) is 3.69. The largest absolute Gasteiger partial charge is 0.376 e. The van der Waals surface area contributed by atoms with E-state index < -0.39 is 0 Å². The second-order valence-electron chi connectivity index (χ2n) is 7.04. The van der Waals surface area contributed by atoms with Crippen LogP contribution in [-0.2, 0) is 14.3 Å². The van der Waals surface area contributed by atoms with E-state index in [4.69, 9.17) is 9.72 Å². The lowest BCUT2D eigenvalue weighted by atomic mass is 10.1. The summed E-state index contributed by atoms with van der Waals surface area (Å²) >= 11 is 4.87. The standard InChI is InChI=1S/C20H21BrN4O3S/c1-24-18(26)9-8-16(23-24)19(27)25(11-15-3-2-10-28-15)20-22-17(12-29-20)13-4-6-14(21)7-5-13/h4-7,12,15H,2-3,8-11H2,1H3/t15-/m1/s1. The number of benzene rings is 1. The number of amides is 2. The highest BCUT2D eigenvalue weighted by atomic mass is 79.9. The van der Waals surface area contributed by atoms with E-state index in [1.165, 1.54) is 16.3 Å². The summed E-state index contributed by atoms with van der Waals surface area (Å²) in [6.07, 6.45) is 2.53. The zero-order chi connectivity index (χ0) is 20.4. The van der Waals surface area contributed by atoms with Gasteiger partial charge in [0.1, 0.15) is 5.71 Å². The second-order valence-corrected chi connectivity index (χ2v) is 8.79. The van der Waals surface area contributed by atoms with Crippen LogP contribution in [0.2, 0.25) is 0 Å². The van der Waals surface area contributed by atoms with Crippen molar-refractivity contribution in [2.45, 2.75) is 31.8 Å². The minimum atomic E-state index is -0.212. The third-order valence-electron chi connectivity index (χ3n) is 4.97. The topological polar surface area (TPSA) is 75.1 Å². The van der Waals surface area contributed by atoms with Crippen molar-refractivity contribution in [3.63, 3.8) is 0 Å². The van der Waals surface area contributed by atoms with Crippen LogP contribution in [0.5, 0.6) is 0 Å². The highest BCUT2D eigenvalue weighted by Gasteiger charge is 2.31. The number of anilines is 1. The SMILES string of the molecule is CN1N=C(C(=O)N(C[C@H]2CCCO2)c2nc(-c3ccc(Br)cc3)cs2)CCC1=O. The van der Waals surface area contributed by atoms with E-state index in [0.717, 1.165) is 28.6 Å². The Morgan fingerprint density at radius 2 is 2.14 bits per heavy atom. The van der Waals surface area contributed by atoms with Crippen LogP contribution in [0.15, 0.2) is 39.2 Å². The minimum absolute atomic E-state index is 0.0115. The quantitative estimate of drug-likeness (QED) is 0.659. The maximum Gasteiger partial charge on any atom is 0.276 e. The van der Waals surface area contributed by atoms with E-state index in [9.17, 15) is 9.59 Å². The number of nitrogens with zero attached hydrogens (tertiary/aromatic N) is 4. The average Bonchev–Trinajstić information content (AvgIpc) is 3.40. The number of carbonyl (C=O) groups excluding carboxylic acids is 2. The zero-order valence-corrected chi connectivity index (χ0v) is 18.4. The molecular formula is C20H21BrN4O3S. The fourth-order valence-corrected chi connectivity index (χ4v) is 4.47. The van der Waals surface area contributed by atoms with Crippen molar-refractivity contribution < 1.29 is 14.3 Å². The Bertz CT molecular complexity index is 937. The average molecular weight is 477 g/mol. The number of hydrogen-bond acceptors (Lipinski definition) is 6. The first-order valence-electron chi connectivity index (χ1n) is 9.50. The fraction of sp³-hybridized carbons (Fsp3) is 0.400. The first kappa shape index (κ1) is 20.2. The molecule has 3 heterocycles. The summed E-state index contributed by atoms with van der Waals surface area (Å²) in [7, 11) is 1.58. The molecule has 1 aromatic heterocycles. The van der Waals surface area contributed by atoms with Crippen molar-refractivity contribution in [1.29, 1.82) is 0 Å². The molecule has 4 rings (SSSR count). The summed E-state index contributed by atoms with van der Waals surface area (Å²) < 4.78 is 6.76. The molecule has 9 heteroatoms. The fourth-order valence-electron chi connectivity index (χ4n) is 3.36. The van der Waals surface area contributed by atoms with Crippen LogP contribution in [-0.4, -0.2) is 53.8 Å². The zero-order valence-electron chi connectivity index (χ0n) is 16.0. The van der Waals surface area contributed by atoms with Crippen molar-refractivity contribution in [1.82, 2.24) is 9.99 Å². The Morgan fingerprint density at radius 1 is 1.34 bits per heavy atom. The molecule has 0 spiro atoms. The van der Waals surface area contributed by atoms with Gasteiger partial charge in [-0.3, -0.25) is 14.5 Å². The molecule has 152 valence electrons. The molecule has 0 saturated carbocycles. The first-order valence-corrected chi connectivity index (χ1v) is 11.2. The molecular weight excluding hydrogens is 456 g/mol. The van der Waals surface area contributed by atoms with Gasteiger partial charge in [0.25, 0.3) is 5.91 Å². The van der Waals surface area contributed by atoms with Crippen LogP contribution in [0.3, 0.4) is 0 Å². The van der Waals surface area contributed by atoms with Crippen LogP contribution in [0.25, 0.3) is 11.3 Å². The highest BCUT2D eigenvalue weighted by Crippen LogP contribution is 2.30. The lowest BCUT2D eigenvalue weighted by Crippen LogP contribution is -2.44. The Morgan fingerprint density at radius 3 is 2.83 bits per heavy atom. The summed E-state index contributed by atoms with van der Waals surface area (Å²) in [5.74, 6) is -0.296. The number of hydrogen-bond donors (Lipinski definition) is 0. The van der Waals surface area contributed by atoms with Gasteiger partial charge in [0, 0.05) is 41.9 Å². The molecule has 0 bridgehead atoms. The summed E-state index contributed by atoms with van der Waals surface area (Å²) in [6, 6.07) is 7.91. The predicted molar refractivity (Wildman–Crippen MR) is 116 cm³/mol. The maximum absolute atomic E-state index is 13.3. The van der Waals surface area contributed by atoms with Crippen molar-refractivity contribution in [3.8, 4) is 11.3 Å². The Hall–Kier alpha value is -2.10. The Labute approximate surface area is 181 Å². The van der Waals surface area contributed by atoms with Crippen LogP contribution in [0.4, 0.5) is 5.13 Å². The van der Waals surface area contributed by atoms with E-state index in [2.05, 4.69) is 21.0 Å².